The zero-order valence-corrected chi connectivity index (χ0v) is 14.0. The number of hydrogen-bond acceptors (Lipinski definition) is 3. The monoisotopic (exact) mass is 341 g/mol. The predicted molar refractivity (Wildman–Crippen MR) is 86.9 cm³/mol. The summed E-state index contributed by atoms with van der Waals surface area (Å²) >= 11 is 17.6. The van der Waals surface area contributed by atoms with Crippen molar-refractivity contribution in [3.8, 4) is 0 Å². The number of aromatic amines is 1. The normalized spacial score (nSPS) is 13.0. The van der Waals surface area contributed by atoms with Gasteiger partial charge in [-0.3, -0.25) is 0 Å². The van der Waals surface area contributed by atoms with Crippen LogP contribution in [0.5, 0.6) is 0 Å². The average molecular weight is 342 g/mol. The fourth-order valence-corrected chi connectivity index (χ4v) is 3.41. The summed E-state index contributed by atoms with van der Waals surface area (Å²) in [5.74, 6) is 0.788. The summed E-state index contributed by atoms with van der Waals surface area (Å²) in [7, 11) is 0. The second-order valence-electron chi connectivity index (χ2n) is 5.00. The highest BCUT2D eigenvalue weighted by atomic mass is 35.5. The Morgan fingerprint density at radius 2 is 1.95 bits per heavy atom. The molecule has 110 valence electrons. The van der Waals surface area contributed by atoms with E-state index >= 15 is 0 Å². The maximum Gasteiger partial charge on any atom is 0.178 e. The number of benzene rings is 1. The molecule has 0 spiro atoms. The first-order valence-corrected chi connectivity index (χ1v) is 7.58. The fourth-order valence-electron chi connectivity index (χ4n) is 2.72. The van der Waals surface area contributed by atoms with Crippen molar-refractivity contribution in [2.75, 3.05) is 0 Å². The molecule has 3 rings (SSSR count). The van der Waals surface area contributed by atoms with Crippen molar-refractivity contribution in [2.45, 2.75) is 26.8 Å². The minimum Gasteiger partial charge on any atom is -0.361 e. The van der Waals surface area contributed by atoms with Crippen LogP contribution in [0.2, 0.25) is 10.0 Å². The van der Waals surface area contributed by atoms with Gasteiger partial charge in [-0.25, -0.2) is 0 Å². The number of rotatable bonds is 2. The van der Waals surface area contributed by atoms with Gasteiger partial charge in [0.25, 0.3) is 0 Å². The second-order valence-corrected chi connectivity index (χ2v) is 6.20. The number of H-pyrrole nitrogens is 1. The molecule has 7 heteroatoms. The second kappa shape index (κ2) is 5.16. The first kappa shape index (κ1) is 14.6. The Labute approximate surface area is 136 Å². The topological polar surface area (TPSA) is 46.8 Å². The molecule has 1 N–H and O–H groups in total. The van der Waals surface area contributed by atoms with Gasteiger partial charge in [0.1, 0.15) is 5.76 Å². The Bertz CT molecular complexity index is 874. The number of nitrogens with zero attached hydrogens (tertiary/aromatic N) is 2. The molecule has 0 aliphatic heterocycles. The standard InChI is InChI=1S/C14H13Cl2N3OS/c1-6-13(8(3)20-18-6)7(2)19-12-5-10(16)9(15)4-11(12)17-14(19)21/h4-5,7H,1-3H3,(H,17,21). The molecule has 1 aromatic carbocycles. The minimum absolute atomic E-state index is 0.0188. The lowest BCUT2D eigenvalue weighted by Gasteiger charge is -2.14. The van der Waals surface area contributed by atoms with E-state index in [1.165, 1.54) is 0 Å². The molecule has 0 saturated carbocycles. The van der Waals surface area contributed by atoms with Gasteiger partial charge < -0.3 is 14.1 Å². The maximum atomic E-state index is 6.14. The molecule has 0 amide bonds. The SMILES string of the molecule is Cc1noc(C)c1C(C)n1c(=S)[nH]c2cc(Cl)c(Cl)cc21. The molecular formula is C14H13Cl2N3OS. The first-order valence-electron chi connectivity index (χ1n) is 6.42. The molecule has 2 heterocycles. The quantitative estimate of drug-likeness (QED) is 0.650. The molecule has 0 fully saturated rings. The number of fused-ring (bicyclic) bond motifs is 1. The van der Waals surface area contributed by atoms with Gasteiger partial charge in [-0.15, -0.1) is 0 Å². The van der Waals surface area contributed by atoms with Crippen LogP contribution in [-0.4, -0.2) is 14.7 Å². The highest BCUT2D eigenvalue weighted by molar-refractivity contribution is 7.71. The summed E-state index contributed by atoms with van der Waals surface area (Å²) in [5.41, 5.74) is 3.64. The van der Waals surface area contributed by atoms with Gasteiger partial charge >= 0.3 is 0 Å². The van der Waals surface area contributed by atoms with Gasteiger partial charge in [-0.2, -0.15) is 0 Å². The van der Waals surface area contributed by atoms with E-state index in [0.717, 1.165) is 28.1 Å². The van der Waals surface area contributed by atoms with Crippen LogP contribution in [0.4, 0.5) is 0 Å². The lowest BCUT2D eigenvalue weighted by Crippen LogP contribution is -2.08. The fraction of sp³-hybridized carbons (Fsp3) is 0.286. The van der Waals surface area contributed by atoms with Crippen molar-refractivity contribution in [3.05, 3.63) is 44.0 Å². The lowest BCUT2D eigenvalue weighted by molar-refractivity contribution is 0.391. The minimum atomic E-state index is -0.0188. The summed E-state index contributed by atoms with van der Waals surface area (Å²) in [4.78, 5) is 3.16. The molecule has 0 aliphatic rings. The molecule has 3 aromatic rings. The molecular weight excluding hydrogens is 329 g/mol. The summed E-state index contributed by atoms with van der Waals surface area (Å²) in [5, 5.41) is 5.00. The number of hydrogen-bond donors (Lipinski definition) is 1. The first-order chi connectivity index (χ1) is 9.90. The van der Waals surface area contributed by atoms with Crippen molar-refractivity contribution < 1.29 is 4.52 Å². The molecule has 21 heavy (non-hydrogen) atoms. The Balaban J connectivity index is 2.27. The highest BCUT2D eigenvalue weighted by Crippen LogP contribution is 2.32. The van der Waals surface area contributed by atoms with Gasteiger partial charge in [-0.1, -0.05) is 28.4 Å². The maximum absolute atomic E-state index is 6.14. The lowest BCUT2D eigenvalue weighted by atomic mass is 10.1. The van der Waals surface area contributed by atoms with Crippen LogP contribution < -0.4 is 0 Å². The Morgan fingerprint density at radius 3 is 2.57 bits per heavy atom. The van der Waals surface area contributed by atoms with Crippen LogP contribution in [0.15, 0.2) is 16.7 Å². The zero-order valence-electron chi connectivity index (χ0n) is 11.7. The Hall–Kier alpha value is -1.30. The van der Waals surface area contributed by atoms with Crippen LogP contribution in [-0.2, 0) is 0 Å². The van der Waals surface area contributed by atoms with Crippen molar-refractivity contribution in [3.63, 3.8) is 0 Å². The number of nitrogens with one attached hydrogen (secondary N) is 1. The van der Waals surface area contributed by atoms with Crippen LogP contribution in [0.3, 0.4) is 0 Å². The summed E-state index contributed by atoms with van der Waals surface area (Å²) < 4.78 is 7.86. The molecule has 0 bridgehead atoms. The van der Waals surface area contributed by atoms with Gasteiger partial charge in [0.2, 0.25) is 0 Å². The van der Waals surface area contributed by atoms with E-state index in [-0.39, 0.29) is 6.04 Å². The van der Waals surface area contributed by atoms with E-state index in [1.54, 1.807) is 6.07 Å². The van der Waals surface area contributed by atoms with E-state index in [4.69, 9.17) is 39.9 Å². The van der Waals surface area contributed by atoms with Gasteiger partial charge in [0, 0.05) is 5.56 Å². The third-order valence-electron chi connectivity index (χ3n) is 3.65. The molecule has 2 aromatic heterocycles. The molecule has 1 unspecified atom stereocenters. The van der Waals surface area contributed by atoms with E-state index in [1.807, 2.05) is 24.5 Å². The smallest absolute Gasteiger partial charge is 0.178 e. The predicted octanol–water partition coefficient (Wildman–Crippen LogP) is 5.22. The molecule has 1 atom stereocenters. The van der Waals surface area contributed by atoms with Gasteiger partial charge in [0.15, 0.2) is 4.77 Å². The van der Waals surface area contributed by atoms with Crippen molar-refractivity contribution in [1.82, 2.24) is 14.7 Å². The van der Waals surface area contributed by atoms with E-state index in [9.17, 15) is 0 Å². The van der Waals surface area contributed by atoms with E-state index in [2.05, 4.69) is 17.1 Å². The van der Waals surface area contributed by atoms with Gasteiger partial charge in [-0.05, 0) is 45.1 Å². The summed E-state index contributed by atoms with van der Waals surface area (Å²) in [6, 6.07) is 3.58. The van der Waals surface area contributed by atoms with E-state index < -0.39 is 0 Å². The average Bonchev–Trinajstić information content (AvgIpc) is 2.89. The van der Waals surface area contributed by atoms with E-state index in [0.29, 0.717) is 14.8 Å². The largest absolute Gasteiger partial charge is 0.361 e. The molecule has 4 nitrogen and oxygen atoms in total. The Kier molecular flexibility index (Phi) is 3.59. The molecule has 0 aliphatic carbocycles. The number of aryl methyl sites for hydroxylation is 2. The number of imidazole rings is 1. The summed E-state index contributed by atoms with van der Waals surface area (Å²) in [6.07, 6.45) is 0. The highest BCUT2D eigenvalue weighted by Gasteiger charge is 2.21. The van der Waals surface area contributed by atoms with Gasteiger partial charge in [0.05, 0.1) is 32.8 Å². The van der Waals surface area contributed by atoms with Crippen LogP contribution in [0.25, 0.3) is 11.0 Å². The molecule has 0 saturated heterocycles. The third-order valence-corrected chi connectivity index (χ3v) is 4.67. The van der Waals surface area contributed by atoms with Crippen molar-refractivity contribution in [2.24, 2.45) is 0 Å². The number of aromatic nitrogens is 3. The van der Waals surface area contributed by atoms with Crippen molar-refractivity contribution >= 4 is 46.5 Å². The zero-order chi connectivity index (χ0) is 15.3. The van der Waals surface area contributed by atoms with Crippen molar-refractivity contribution in [1.29, 1.82) is 0 Å². The number of halogens is 2. The third kappa shape index (κ3) is 2.29. The van der Waals surface area contributed by atoms with Crippen LogP contribution >= 0.6 is 35.4 Å². The van der Waals surface area contributed by atoms with Crippen LogP contribution in [0.1, 0.15) is 30.0 Å². The van der Waals surface area contributed by atoms with Crippen LogP contribution in [0, 0.1) is 18.6 Å². The Morgan fingerprint density at radius 1 is 1.29 bits per heavy atom. The summed E-state index contributed by atoms with van der Waals surface area (Å²) in [6.45, 7) is 5.87. The molecule has 0 radical (unpaired) electrons.